The van der Waals surface area contributed by atoms with Gasteiger partial charge in [0.1, 0.15) is 0 Å². The van der Waals surface area contributed by atoms with Gasteiger partial charge in [-0.15, -0.1) is 0 Å². The first kappa shape index (κ1) is 20.5. The summed E-state index contributed by atoms with van der Waals surface area (Å²) in [7, 11) is 0. The molecule has 25 heavy (non-hydrogen) atoms. The molecule has 2 aromatic rings. The van der Waals surface area contributed by atoms with E-state index in [-0.39, 0.29) is 5.69 Å². The quantitative estimate of drug-likeness (QED) is 0.273. The Labute approximate surface area is 153 Å². The number of hydrogen-bond donors (Lipinski definition) is 2. The van der Waals surface area contributed by atoms with E-state index in [9.17, 15) is 10.1 Å². The maximum absolute atomic E-state index is 10.9. The molecular formula is C18H24N4O2S. The number of nitrogens with two attached hydrogens (primary N) is 2. The van der Waals surface area contributed by atoms with Crippen LogP contribution in [0.25, 0.3) is 0 Å². The summed E-state index contributed by atoms with van der Waals surface area (Å²) in [5, 5.41) is 12.1. The van der Waals surface area contributed by atoms with E-state index in [0.29, 0.717) is 22.8 Å². The molecule has 7 heteroatoms. The number of hydrazine groups is 1. The summed E-state index contributed by atoms with van der Waals surface area (Å²) >= 11 is 5.33. The number of aryl methyl sites for hydroxylation is 2. The van der Waals surface area contributed by atoms with Gasteiger partial charge in [0.25, 0.3) is 5.69 Å². The highest BCUT2D eigenvalue weighted by atomic mass is 32.1. The molecule has 0 bridgehead atoms. The number of non-ortho nitro benzene ring substituents is 1. The zero-order chi connectivity index (χ0) is 19.0. The van der Waals surface area contributed by atoms with Crippen molar-refractivity contribution in [2.24, 2.45) is 5.84 Å². The van der Waals surface area contributed by atoms with E-state index in [4.69, 9.17) is 23.8 Å². The molecule has 0 unspecified atom stereocenters. The summed E-state index contributed by atoms with van der Waals surface area (Å²) in [5.74, 6) is 5.99. The number of thiocarbonyl (C=S) groups is 1. The Morgan fingerprint density at radius 1 is 1.20 bits per heavy atom. The average Bonchev–Trinajstić information content (AvgIpc) is 2.62. The number of hydrogen-bond acceptors (Lipinski definition) is 5. The van der Waals surface area contributed by atoms with Crippen molar-refractivity contribution in [2.45, 2.75) is 33.6 Å². The fourth-order valence-electron chi connectivity index (χ4n) is 2.12. The topological polar surface area (TPSA) is 98.4 Å². The molecule has 4 N–H and O–H groups in total. The number of nitro groups is 1. The number of nitro benzene ring substituents is 1. The normalized spacial score (nSPS) is 9.76. The number of rotatable bonds is 5. The lowest BCUT2D eigenvalue weighted by molar-refractivity contribution is -0.384. The molecule has 0 aliphatic carbocycles. The smallest absolute Gasteiger partial charge is 0.271 e. The van der Waals surface area contributed by atoms with Gasteiger partial charge in [-0.3, -0.25) is 15.1 Å². The maximum Gasteiger partial charge on any atom is 0.271 e. The Hall–Kier alpha value is -2.51. The molecule has 0 saturated heterocycles. The highest BCUT2D eigenvalue weighted by Gasteiger charge is 2.15. The second-order valence-corrected chi connectivity index (χ2v) is 5.72. The highest BCUT2D eigenvalue weighted by Crippen LogP contribution is 2.27. The van der Waals surface area contributed by atoms with Crippen LogP contribution in [0.15, 0.2) is 42.5 Å². The van der Waals surface area contributed by atoms with Crippen LogP contribution in [-0.4, -0.2) is 9.91 Å². The number of nitrogen functional groups attached to an aromatic ring is 1. The van der Waals surface area contributed by atoms with Crippen molar-refractivity contribution in [2.75, 3.05) is 10.7 Å². The Morgan fingerprint density at radius 3 is 2.36 bits per heavy atom. The van der Waals surface area contributed by atoms with E-state index in [2.05, 4.69) is 0 Å². The van der Waals surface area contributed by atoms with Crippen molar-refractivity contribution >= 4 is 34.3 Å². The van der Waals surface area contributed by atoms with Crippen LogP contribution in [-0.2, 0) is 6.42 Å². The van der Waals surface area contributed by atoms with Gasteiger partial charge < -0.3 is 5.73 Å². The summed E-state index contributed by atoms with van der Waals surface area (Å²) in [6, 6.07) is 12.3. The number of benzene rings is 2. The maximum atomic E-state index is 10.9. The Kier molecular flexibility index (Phi) is 7.97. The minimum atomic E-state index is -0.494. The predicted octanol–water partition coefficient (Wildman–Crippen LogP) is 4.15. The third kappa shape index (κ3) is 5.81. The lowest BCUT2D eigenvalue weighted by Gasteiger charge is -2.21. The van der Waals surface area contributed by atoms with Gasteiger partial charge in [-0.05, 0) is 25.0 Å². The van der Waals surface area contributed by atoms with Crippen LogP contribution < -0.4 is 16.6 Å². The molecule has 6 nitrogen and oxygen atoms in total. The first-order valence-electron chi connectivity index (χ1n) is 8.05. The van der Waals surface area contributed by atoms with Crippen molar-refractivity contribution in [1.29, 1.82) is 0 Å². The van der Waals surface area contributed by atoms with Gasteiger partial charge in [0.15, 0.2) is 0 Å². The lowest BCUT2D eigenvalue weighted by Crippen LogP contribution is -2.37. The fraction of sp³-hybridized carbons (Fsp3) is 0.278. The molecule has 134 valence electrons. The minimum absolute atomic E-state index is 0.0778. The third-order valence-corrected chi connectivity index (χ3v) is 3.90. The molecule has 0 fully saturated rings. The lowest BCUT2D eigenvalue weighted by atomic mass is 10.1. The Morgan fingerprint density at radius 2 is 1.80 bits per heavy atom. The van der Waals surface area contributed by atoms with Crippen LogP contribution in [0, 0.1) is 17.0 Å². The van der Waals surface area contributed by atoms with Crippen molar-refractivity contribution in [1.82, 2.24) is 0 Å². The largest absolute Gasteiger partial charge is 0.397 e. The summed E-state index contributed by atoms with van der Waals surface area (Å²) in [6.07, 6.45) is 1.29. The van der Waals surface area contributed by atoms with E-state index >= 15 is 0 Å². The molecule has 0 saturated carbocycles. The van der Waals surface area contributed by atoms with Crippen molar-refractivity contribution in [3.63, 3.8) is 0 Å². The van der Waals surface area contributed by atoms with E-state index in [1.54, 1.807) is 0 Å². The summed E-state index contributed by atoms with van der Waals surface area (Å²) in [4.78, 5) is 10.8. The van der Waals surface area contributed by atoms with E-state index in [1.165, 1.54) is 28.8 Å². The number of nitrogens with zero attached hydrogens (tertiary/aromatic N) is 2. The second kappa shape index (κ2) is 9.71. The standard InChI is InChI=1S/C16H18N4O2S.C2H6/c1-11-2-4-12(5-3-11)6-9-16(23)19(18)15-10-13(20(21)22)7-8-14(15)17;1-2/h2-5,7-8,10H,6,9,17-18H2,1H3;1-2H3. The van der Waals surface area contributed by atoms with E-state index in [0.717, 1.165) is 12.0 Å². The Balaban J connectivity index is 0.00000151. The van der Waals surface area contributed by atoms with Crippen LogP contribution in [0.1, 0.15) is 31.4 Å². The van der Waals surface area contributed by atoms with E-state index < -0.39 is 4.92 Å². The fourth-order valence-corrected chi connectivity index (χ4v) is 2.32. The molecule has 0 aliphatic heterocycles. The van der Waals surface area contributed by atoms with Gasteiger partial charge >= 0.3 is 0 Å². The molecule has 2 rings (SSSR count). The van der Waals surface area contributed by atoms with Crippen LogP contribution in [0.3, 0.4) is 0 Å². The molecule has 0 spiro atoms. The molecule has 0 heterocycles. The first-order valence-corrected chi connectivity index (χ1v) is 8.46. The van der Waals surface area contributed by atoms with Gasteiger partial charge in [-0.2, -0.15) is 0 Å². The van der Waals surface area contributed by atoms with Crippen LogP contribution in [0.5, 0.6) is 0 Å². The highest BCUT2D eigenvalue weighted by molar-refractivity contribution is 7.80. The molecule has 0 aromatic heterocycles. The van der Waals surface area contributed by atoms with Gasteiger partial charge in [-0.25, -0.2) is 5.84 Å². The van der Waals surface area contributed by atoms with Gasteiger partial charge in [0.2, 0.25) is 0 Å². The molecule has 0 amide bonds. The predicted molar refractivity (Wildman–Crippen MR) is 108 cm³/mol. The summed E-state index contributed by atoms with van der Waals surface area (Å²) < 4.78 is 0. The number of anilines is 2. The Bertz CT molecular complexity index is 732. The van der Waals surface area contributed by atoms with E-state index in [1.807, 2.05) is 45.0 Å². The summed E-state index contributed by atoms with van der Waals surface area (Å²) in [5.41, 5.74) is 8.80. The van der Waals surface area contributed by atoms with Crippen molar-refractivity contribution in [3.05, 3.63) is 63.7 Å². The molecule has 0 atom stereocenters. The van der Waals surface area contributed by atoms with Crippen LogP contribution in [0.2, 0.25) is 0 Å². The van der Waals surface area contributed by atoms with Gasteiger partial charge in [0.05, 0.1) is 21.3 Å². The molecule has 0 aliphatic rings. The zero-order valence-corrected chi connectivity index (χ0v) is 15.5. The average molecular weight is 360 g/mol. The summed E-state index contributed by atoms with van der Waals surface area (Å²) in [6.45, 7) is 6.03. The molecule has 2 aromatic carbocycles. The third-order valence-electron chi connectivity index (χ3n) is 3.50. The molecular weight excluding hydrogens is 336 g/mol. The van der Waals surface area contributed by atoms with Crippen molar-refractivity contribution in [3.8, 4) is 0 Å². The monoisotopic (exact) mass is 360 g/mol. The zero-order valence-electron chi connectivity index (χ0n) is 14.7. The second-order valence-electron chi connectivity index (χ2n) is 5.25. The van der Waals surface area contributed by atoms with Gasteiger partial charge in [0, 0.05) is 18.6 Å². The first-order chi connectivity index (χ1) is 11.9. The van der Waals surface area contributed by atoms with Gasteiger partial charge in [-0.1, -0.05) is 55.9 Å². The van der Waals surface area contributed by atoms with Crippen LogP contribution in [0.4, 0.5) is 17.1 Å². The van der Waals surface area contributed by atoms with Crippen LogP contribution >= 0.6 is 12.2 Å². The van der Waals surface area contributed by atoms with Crippen molar-refractivity contribution < 1.29 is 4.92 Å². The molecule has 0 radical (unpaired) electrons. The minimum Gasteiger partial charge on any atom is -0.397 e. The SMILES string of the molecule is CC.Cc1ccc(CCC(=S)N(N)c2cc([N+](=O)[O-])ccc2N)cc1.